The predicted octanol–water partition coefficient (Wildman–Crippen LogP) is 3.26. The van der Waals surface area contributed by atoms with Gasteiger partial charge in [-0.3, -0.25) is 9.59 Å². The second kappa shape index (κ2) is 5.99. The van der Waals surface area contributed by atoms with E-state index in [1.54, 1.807) is 23.5 Å². The SMILES string of the molecule is CC(=O)Nc1ccc(C(=O)NC(C)c2cccs2)s1. The highest BCUT2D eigenvalue weighted by atomic mass is 32.1. The summed E-state index contributed by atoms with van der Waals surface area (Å²) in [6.07, 6.45) is 0. The summed E-state index contributed by atoms with van der Waals surface area (Å²) in [7, 11) is 0. The summed E-state index contributed by atoms with van der Waals surface area (Å²) in [4.78, 5) is 24.7. The maximum atomic E-state index is 12.0. The minimum absolute atomic E-state index is 0.0150. The fourth-order valence-electron chi connectivity index (χ4n) is 1.58. The van der Waals surface area contributed by atoms with Crippen LogP contribution in [0.2, 0.25) is 0 Å². The third kappa shape index (κ3) is 3.65. The third-order valence-electron chi connectivity index (χ3n) is 2.45. The third-order valence-corrected chi connectivity index (χ3v) is 4.50. The first-order valence-electron chi connectivity index (χ1n) is 5.78. The minimum Gasteiger partial charge on any atom is -0.344 e. The van der Waals surface area contributed by atoms with Gasteiger partial charge in [0.15, 0.2) is 0 Å². The van der Waals surface area contributed by atoms with Gasteiger partial charge in [0.05, 0.1) is 15.9 Å². The number of nitrogens with one attached hydrogen (secondary N) is 2. The first-order valence-corrected chi connectivity index (χ1v) is 7.47. The Labute approximate surface area is 119 Å². The first kappa shape index (κ1) is 13.8. The van der Waals surface area contributed by atoms with Crippen LogP contribution >= 0.6 is 22.7 Å². The lowest BCUT2D eigenvalue weighted by Gasteiger charge is -2.10. The zero-order chi connectivity index (χ0) is 13.8. The highest BCUT2D eigenvalue weighted by Gasteiger charge is 2.14. The number of hydrogen-bond acceptors (Lipinski definition) is 4. The normalized spacial score (nSPS) is 11.9. The summed E-state index contributed by atoms with van der Waals surface area (Å²) in [5, 5.41) is 8.26. The number of anilines is 1. The van der Waals surface area contributed by atoms with E-state index in [0.717, 1.165) is 4.88 Å². The first-order chi connectivity index (χ1) is 9.06. The fraction of sp³-hybridized carbons (Fsp3) is 0.231. The second-order valence-corrected chi connectivity index (χ2v) is 6.12. The van der Waals surface area contributed by atoms with Crippen LogP contribution in [0.15, 0.2) is 29.6 Å². The monoisotopic (exact) mass is 294 g/mol. The van der Waals surface area contributed by atoms with Crippen molar-refractivity contribution in [2.75, 3.05) is 5.32 Å². The molecule has 0 aliphatic rings. The van der Waals surface area contributed by atoms with Crippen molar-refractivity contribution < 1.29 is 9.59 Å². The Bertz CT molecular complexity index is 575. The van der Waals surface area contributed by atoms with E-state index in [9.17, 15) is 9.59 Å². The van der Waals surface area contributed by atoms with Gasteiger partial charge in [-0.2, -0.15) is 0 Å². The molecule has 0 spiro atoms. The van der Waals surface area contributed by atoms with Crippen LogP contribution in [0.4, 0.5) is 5.00 Å². The summed E-state index contributed by atoms with van der Waals surface area (Å²) < 4.78 is 0. The van der Waals surface area contributed by atoms with Crippen molar-refractivity contribution in [3.63, 3.8) is 0 Å². The van der Waals surface area contributed by atoms with Gasteiger partial charge >= 0.3 is 0 Å². The van der Waals surface area contributed by atoms with Crippen LogP contribution in [0.1, 0.15) is 34.4 Å². The lowest BCUT2D eigenvalue weighted by molar-refractivity contribution is -0.114. The van der Waals surface area contributed by atoms with E-state index < -0.39 is 0 Å². The molecule has 0 saturated heterocycles. The molecule has 0 saturated carbocycles. The quantitative estimate of drug-likeness (QED) is 0.909. The van der Waals surface area contributed by atoms with E-state index in [4.69, 9.17) is 0 Å². The standard InChI is InChI=1S/C13H14N2O2S2/c1-8(10-4-3-7-18-10)14-13(17)11-5-6-12(19-11)15-9(2)16/h3-8H,1-2H3,(H,14,17)(H,15,16). The molecule has 0 aliphatic carbocycles. The van der Waals surface area contributed by atoms with Crippen LogP contribution in [0.3, 0.4) is 0 Å². The maximum absolute atomic E-state index is 12.0. The van der Waals surface area contributed by atoms with Crippen LogP contribution in [0.25, 0.3) is 0 Å². The van der Waals surface area contributed by atoms with Gasteiger partial charge in [-0.1, -0.05) is 6.07 Å². The van der Waals surface area contributed by atoms with Gasteiger partial charge in [0.2, 0.25) is 5.91 Å². The number of hydrogen-bond donors (Lipinski definition) is 2. The van der Waals surface area contributed by atoms with Gasteiger partial charge in [-0.15, -0.1) is 22.7 Å². The van der Waals surface area contributed by atoms with Crippen LogP contribution in [0.5, 0.6) is 0 Å². The van der Waals surface area contributed by atoms with Crippen molar-refractivity contribution in [1.29, 1.82) is 0 Å². The molecular weight excluding hydrogens is 280 g/mol. The molecular formula is C13H14N2O2S2. The van der Waals surface area contributed by atoms with Crippen molar-refractivity contribution >= 4 is 39.5 Å². The molecule has 2 rings (SSSR count). The van der Waals surface area contributed by atoms with Crippen LogP contribution < -0.4 is 10.6 Å². The van der Waals surface area contributed by atoms with E-state index in [1.165, 1.54) is 18.3 Å². The van der Waals surface area contributed by atoms with Crippen molar-refractivity contribution in [3.05, 3.63) is 39.4 Å². The molecule has 0 aliphatic heterocycles. The lowest BCUT2D eigenvalue weighted by atomic mass is 10.2. The van der Waals surface area contributed by atoms with E-state index in [-0.39, 0.29) is 17.9 Å². The van der Waals surface area contributed by atoms with E-state index in [0.29, 0.717) is 9.88 Å². The Hall–Kier alpha value is -1.66. The topological polar surface area (TPSA) is 58.2 Å². The summed E-state index contributed by atoms with van der Waals surface area (Å²) in [5.41, 5.74) is 0. The molecule has 4 nitrogen and oxygen atoms in total. The van der Waals surface area contributed by atoms with Crippen molar-refractivity contribution in [1.82, 2.24) is 5.32 Å². The van der Waals surface area contributed by atoms with Crippen molar-refractivity contribution in [2.45, 2.75) is 19.9 Å². The Balaban J connectivity index is 2.00. The molecule has 1 atom stereocenters. The van der Waals surface area contributed by atoms with E-state index in [1.807, 2.05) is 24.4 Å². The zero-order valence-electron chi connectivity index (χ0n) is 10.6. The van der Waals surface area contributed by atoms with Gasteiger partial charge in [-0.25, -0.2) is 0 Å². The van der Waals surface area contributed by atoms with Crippen LogP contribution in [0, 0.1) is 0 Å². The Morgan fingerprint density at radius 1 is 1.26 bits per heavy atom. The van der Waals surface area contributed by atoms with Crippen LogP contribution in [-0.2, 0) is 4.79 Å². The molecule has 1 unspecified atom stereocenters. The largest absolute Gasteiger partial charge is 0.344 e. The van der Waals surface area contributed by atoms with Gasteiger partial charge < -0.3 is 10.6 Å². The molecule has 6 heteroatoms. The summed E-state index contributed by atoms with van der Waals surface area (Å²) in [6, 6.07) is 7.39. The highest BCUT2D eigenvalue weighted by molar-refractivity contribution is 7.18. The molecule has 2 N–H and O–H groups in total. The number of thiophene rings is 2. The number of carbonyl (C=O) groups is 2. The Morgan fingerprint density at radius 3 is 2.68 bits per heavy atom. The highest BCUT2D eigenvalue weighted by Crippen LogP contribution is 2.23. The van der Waals surface area contributed by atoms with Crippen LogP contribution in [-0.4, -0.2) is 11.8 Å². The number of rotatable bonds is 4. The smallest absolute Gasteiger partial charge is 0.261 e. The molecule has 2 aromatic heterocycles. The zero-order valence-corrected chi connectivity index (χ0v) is 12.2. The van der Waals surface area contributed by atoms with E-state index >= 15 is 0 Å². The molecule has 19 heavy (non-hydrogen) atoms. The van der Waals surface area contributed by atoms with Gasteiger partial charge in [-0.05, 0) is 30.5 Å². The lowest BCUT2D eigenvalue weighted by Crippen LogP contribution is -2.25. The molecule has 2 amide bonds. The van der Waals surface area contributed by atoms with Crippen molar-refractivity contribution in [3.8, 4) is 0 Å². The average Bonchev–Trinajstić information content (AvgIpc) is 2.97. The summed E-state index contributed by atoms with van der Waals surface area (Å²) >= 11 is 2.88. The van der Waals surface area contributed by atoms with Crippen molar-refractivity contribution in [2.24, 2.45) is 0 Å². The minimum atomic E-state index is -0.138. The molecule has 100 valence electrons. The van der Waals surface area contributed by atoms with E-state index in [2.05, 4.69) is 10.6 Å². The summed E-state index contributed by atoms with van der Waals surface area (Å²) in [5.74, 6) is -0.261. The number of carbonyl (C=O) groups excluding carboxylic acids is 2. The van der Waals surface area contributed by atoms with Gasteiger partial charge in [0.1, 0.15) is 0 Å². The molecule has 0 aromatic carbocycles. The second-order valence-electron chi connectivity index (χ2n) is 4.06. The fourth-order valence-corrected chi connectivity index (χ4v) is 3.17. The maximum Gasteiger partial charge on any atom is 0.261 e. The predicted molar refractivity (Wildman–Crippen MR) is 78.8 cm³/mol. The summed E-state index contributed by atoms with van der Waals surface area (Å²) in [6.45, 7) is 3.39. The molecule has 0 bridgehead atoms. The molecule has 0 radical (unpaired) electrons. The average molecular weight is 294 g/mol. The molecule has 2 heterocycles. The molecule has 2 aromatic rings. The number of amides is 2. The van der Waals surface area contributed by atoms with Gasteiger partial charge in [0, 0.05) is 11.8 Å². The van der Waals surface area contributed by atoms with Gasteiger partial charge in [0.25, 0.3) is 5.91 Å². The Kier molecular flexibility index (Phi) is 4.34. The Morgan fingerprint density at radius 2 is 2.05 bits per heavy atom. The molecule has 0 fully saturated rings.